The minimum absolute atomic E-state index is 0.367. The number of benzene rings is 4. The van der Waals surface area contributed by atoms with E-state index in [1.54, 1.807) is 19.1 Å². The molecule has 4 aromatic carbocycles. The Morgan fingerprint density at radius 2 is 1.38 bits per heavy atom. The van der Waals surface area contributed by atoms with Gasteiger partial charge in [-0.05, 0) is 58.5 Å². The number of nitrogens with zero attached hydrogens (tertiary/aromatic N) is 1. The number of ether oxygens (including phenoxy) is 5. The lowest BCUT2D eigenvalue weighted by molar-refractivity contribution is 0.110. The van der Waals surface area contributed by atoms with Gasteiger partial charge in [0, 0.05) is 6.54 Å². The highest BCUT2D eigenvalue weighted by atomic mass is 16.5. The van der Waals surface area contributed by atoms with E-state index in [0.29, 0.717) is 49.2 Å². The maximum Gasteiger partial charge on any atom is 0.410 e. The lowest BCUT2D eigenvalue weighted by Crippen LogP contribution is -2.39. The van der Waals surface area contributed by atoms with E-state index < -0.39 is 0 Å². The van der Waals surface area contributed by atoms with E-state index in [-0.39, 0.29) is 12.1 Å². The van der Waals surface area contributed by atoms with Crippen LogP contribution in [0.1, 0.15) is 33.9 Å². The van der Waals surface area contributed by atoms with E-state index >= 15 is 0 Å². The van der Waals surface area contributed by atoms with E-state index in [0.717, 1.165) is 27.8 Å². The second-order valence-corrected chi connectivity index (χ2v) is 9.88. The zero-order valence-electron chi connectivity index (χ0n) is 24.1. The molecule has 4 aromatic rings. The van der Waals surface area contributed by atoms with Gasteiger partial charge < -0.3 is 23.7 Å². The maximum atomic E-state index is 12.8. The number of carbonyl (C=O) groups is 1. The Kier molecular flexibility index (Phi) is 9.29. The number of hydrogen-bond acceptors (Lipinski definition) is 6. The Morgan fingerprint density at radius 1 is 0.762 bits per heavy atom. The summed E-state index contributed by atoms with van der Waals surface area (Å²) in [6.45, 7) is 1.36. The van der Waals surface area contributed by atoms with Gasteiger partial charge in [0.05, 0.1) is 27.4 Å². The van der Waals surface area contributed by atoms with Gasteiger partial charge in [0.2, 0.25) is 0 Å². The minimum atomic E-state index is -0.389. The molecule has 1 aliphatic rings. The number of amides is 1. The molecule has 0 saturated heterocycles. The van der Waals surface area contributed by atoms with Crippen molar-refractivity contribution >= 4 is 12.2 Å². The Morgan fingerprint density at radius 3 is 1.98 bits per heavy atom. The molecule has 1 aliphatic heterocycles. The van der Waals surface area contributed by atoms with Crippen molar-refractivity contribution in [3.8, 4) is 23.0 Å². The molecular formula is C35H35NO6. The van der Waals surface area contributed by atoms with Crippen LogP contribution in [-0.4, -0.2) is 38.9 Å². The van der Waals surface area contributed by atoms with Gasteiger partial charge in [0.1, 0.15) is 13.2 Å². The number of hydrogen-bond donors (Lipinski definition) is 0. The summed E-state index contributed by atoms with van der Waals surface area (Å²) in [5.74, 6) is 2.56. The van der Waals surface area contributed by atoms with Gasteiger partial charge in [-0.25, -0.2) is 4.79 Å². The highest BCUT2D eigenvalue weighted by Gasteiger charge is 2.31. The zero-order valence-corrected chi connectivity index (χ0v) is 24.1. The Balaban J connectivity index is 1.42. The third-order valence-corrected chi connectivity index (χ3v) is 7.24. The van der Waals surface area contributed by atoms with Crippen molar-refractivity contribution in [1.82, 2.24) is 4.90 Å². The zero-order chi connectivity index (χ0) is 29.3. The van der Waals surface area contributed by atoms with Gasteiger partial charge in [-0.1, -0.05) is 78.9 Å². The van der Waals surface area contributed by atoms with Crippen LogP contribution >= 0.6 is 0 Å². The molecule has 0 aromatic heterocycles. The summed E-state index contributed by atoms with van der Waals surface area (Å²) in [6, 6.07) is 29.4. The molecule has 0 spiro atoms. The highest BCUT2D eigenvalue weighted by Crippen LogP contribution is 2.40. The van der Waals surface area contributed by atoms with E-state index in [1.807, 2.05) is 103 Å². The molecule has 1 amide bonds. The molecule has 42 heavy (non-hydrogen) atoms. The van der Waals surface area contributed by atoms with Crippen LogP contribution in [0.3, 0.4) is 0 Å². The average molecular weight is 566 g/mol. The summed E-state index contributed by atoms with van der Waals surface area (Å²) in [5.41, 5.74) is 5.09. The van der Waals surface area contributed by atoms with Gasteiger partial charge in [-0.15, -0.1) is 0 Å². The van der Waals surface area contributed by atoms with Crippen molar-refractivity contribution in [2.45, 2.75) is 25.7 Å². The van der Waals surface area contributed by atoms with Crippen LogP contribution < -0.4 is 18.9 Å². The summed E-state index contributed by atoms with van der Waals surface area (Å²) in [6.07, 6.45) is 4.26. The topological polar surface area (TPSA) is 66.5 Å². The van der Waals surface area contributed by atoms with E-state index in [1.165, 1.54) is 7.11 Å². The van der Waals surface area contributed by atoms with Crippen LogP contribution in [0.2, 0.25) is 0 Å². The molecular weight excluding hydrogens is 530 g/mol. The summed E-state index contributed by atoms with van der Waals surface area (Å²) >= 11 is 0. The Labute approximate surface area is 246 Å². The molecule has 1 heterocycles. The predicted octanol–water partition coefficient (Wildman–Crippen LogP) is 7.24. The molecule has 0 radical (unpaired) electrons. The summed E-state index contributed by atoms with van der Waals surface area (Å²) in [4.78, 5) is 14.5. The fourth-order valence-electron chi connectivity index (χ4n) is 5.04. The third-order valence-electron chi connectivity index (χ3n) is 7.24. The van der Waals surface area contributed by atoms with Crippen LogP contribution in [-0.2, 0) is 24.4 Å². The number of fused-ring (bicyclic) bond motifs is 1. The normalized spacial score (nSPS) is 14.3. The first-order valence-electron chi connectivity index (χ1n) is 13.8. The first kappa shape index (κ1) is 28.6. The van der Waals surface area contributed by atoms with Gasteiger partial charge >= 0.3 is 6.09 Å². The van der Waals surface area contributed by atoms with Gasteiger partial charge in [-0.2, -0.15) is 0 Å². The number of carbonyl (C=O) groups excluding carboxylic acids is 1. The van der Waals surface area contributed by atoms with E-state index in [9.17, 15) is 4.79 Å². The lowest BCUT2D eigenvalue weighted by Gasteiger charge is -2.35. The highest BCUT2D eigenvalue weighted by molar-refractivity contribution is 5.70. The minimum Gasteiger partial charge on any atom is -0.493 e. The van der Waals surface area contributed by atoms with Gasteiger partial charge in [0.15, 0.2) is 23.0 Å². The molecule has 1 unspecified atom stereocenters. The molecule has 0 saturated carbocycles. The quantitative estimate of drug-likeness (QED) is 0.202. The molecule has 0 bridgehead atoms. The molecule has 7 nitrogen and oxygen atoms in total. The smallest absolute Gasteiger partial charge is 0.410 e. The van der Waals surface area contributed by atoms with Crippen molar-refractivity contribution in [3.05, 3.63) is 125 Å². The molecule has 0 fully saturated rings. The van der Waals surface area contributed by atoms with Crippen LogP contribution in [0.5, 0.6) is 23.0 Å². The fraction of sp³-hybridized carbons (Fsp3) is 0.229. The SMILES string of the molecule is COC(=O)N1CCc2cc(OCc3ccccc3)c(OC)cc2C1C=Cc1ccc(OC)c(OCc2ccccc2)c1. The summed E-state index contributed by atoms with van der Waals surface area (Å²) in [7, 11) is 4.65. The largest absolute Gasteiger partial charge is 0.493 e. The van der Waals surface area contributed by atoms with Crippen molar-refractivity contribution in [3.63, 3.8) is 0 Å². The first-order valence-corrected chi connectivity index (χ1v) is 13.8. The van der Waals surface area contributed by atoms with Crippen molar-refractivity contribution in [2.75, 3.05) is 27.9 Å². The van der Waals surface area contributed by atoms with E-state index in [2.05, 4.69) is 0 Å². The maximum absolute atomic E-state index is 12.8. The van der Waals surface area contributed by atoms with Crippen LogP contribution in [0.4, 0.5) is 4.79 Å². The second-order valence-electron chi connectivity index (χ2n) is 9.88. The van der Waals surface area contributed by atoms with Crippen LogP contribution in [0.15, 0.2) is 97.1 Å². The molecule has 216 valence electrons. The van der Waals surface area contributed by atoms with Crippen molar-refractivity contribution < 1.29 is 28.5 Å². The first-order chi connectivity index (χ1) is 20.6. The van der Waals surface area contributed by atoms with Crippen LogP contribution in [0.25, 0.3) is 6.08 Å². The average Bonchev–Trinajstić information content (AvgIpc) is 3.05. The Hall–Kier alpha value is -4.91. The second kappa shape index (κ2) is 13.6. The standard InChI is InChI=1S/C35H35NO6/c1-38-31-17-15-25(20-33(31)41-23-26-10-6-4-7-11-26)14-16-30-29-22-32(39-2)34(42-24-27-12-8-5-9-13-27)21-28(29)18-19-36(30)35(37)40-3/h4-17,20-22,30H,18-19,23-24H2,1-3H3. The molecule has 1 atom stereocenters. The fourth-order valence-corrected chi connectivity index (χ4v) is 5.04. The van der Waals surface area contributed by atoms with E-state index in [4.69, 9.17) is 23.7 Å². The molecule has 0 aliphatic carbocycles. The van der Waals surface area contributed by atoms with Crippen molar-refractivity contribution in [2.24, 2.45) is 0 Å². The summed E-state index contributed by atoms with van der Waals surface area (Å²) in [5, 5.41) is 0. The van der Waals surface area contributed by atoms with Crippen molar-refractivity contribution in [1.29, 1.82) is 0 Å². The molecule has 7 heteroatoms. The van der Waals surface area contributed by atoms with Gasteiger partial charge in [-0.3, -0.25) is 4.90 Å². The van der Waals surface area contributed by atoms with Crippen LogP contribution in [0, 0.1) is 0 Å². The van der Waals surface area contributed by atoms with Gasteiger partial charge in [0.25, 0.3) is 0 Å². The monoisotopic (exact) mass is 565 g/mol. The number of rotatable bonds is 10. The number of methoxy groups -OCH3 is 3. The Bertz CT molecular complexity index is 1520. The lowest BCUT2D eigenvalue weighted by atomic mass is 9.91. The molecule has 5 rings (SSSR count). The summed E-state index contributed by atoms with van der Waals surface area (Å²) < 4.78 is 28.7. The predicted molar refractivity (Wildman–Crippen MR) is 162 cm³/mol. The molecule has 0 N–H and O–H groups in total. The third kappa shape index (κ3) is 6.69.